The minimum Gasteiger partial charge on any atom is -0.508 e. The molecule has 0 bridgehead atoms. The van der Waals surface area contributed by atoms with Gasteiger partial charge in [-0.3, -0.25) is 14.6 Å². The van der Waals surface area contributed by atoms with E-state index in [0.717, 1.165) is 37.3 Å². The molecule has 2 aromatic rings. The molecule has 0 spiro atoms. The molecule has 0 saturated carbocycles. The fourth-order valence-electron chi connectivity index (χ4n) is 3.02. The van der Waals surface area contributed by atoms with E-state index in [1.165, 1.54) is 19.3 Å². The summed E-state index contributed by atoms with van der Waals surface area (Å²) in [5.41, 5.74) is 2.19. The number of hydrogen-bond donors (Lipinski definition) is 2. The number of piperidine rings is 1. The van der Waals surface area contributed by atoms with Crippen molar-refractivity contribution in [1.82, 2.24) is 14.7 Å². The lowest BCUT2D eigenvalue weighted by molar-refractivity contribution is 0.218. The van der Waals surface area contributed by atoms with Crippen LogP contribution in [-0.4, -0.2) is 39.4 Å². The van der Waals surface area contributed by atoms with E-state index in [1.54, 1.807) is 12.1 Å². The molecule has 0 atom stereocenters. The average molecular weight is 301 g/mol. The number of phenolic OH excluding ortho intramolecular Hbond substituents is 1. The molecule has 1 aliphatic rings. The number of hydrogen-bond acceptors (Lipinski definition) is 3. The molecule has 1 aromatic heterocycles. The van der Waals surface area contributed by atoms with E-state index in [4.69, 9.17) is 0 Å². The highest BCUT2D eigenvalue weighted by Gasteiger charge is 2.12. The third-order valence-electron chi connectivity index (χ3n) is 4.39. The van der Waals surface area contributed by atoms with E-state index in [-0.39, 0.29) is 11.3 Å². The molecule has 5 heteroatoms. The van der Waals surface area contributed by atoms with Gasteiger partial charge in [0.1, 0.15) is 5.75 Å². The molecule has 2 heterocycles. The monoisotopic (exact) mass is 301 g/mol. The summed E-state index contributed by atoms with van der Waals surface area (Å²) in [6.45, 7) is 5.93. The van der Waals surface area contributed by atoms with Crippen LogP contribution in [0, 0.1) is 6.92 Å². The molecule has 2 N–H and O–H groups in total. The summed E-state index contributed by atoms with van der Waals surface area (Å²) in [5, 5.41) is 12.5. The Morgan fingerprint density at radius 1 is 1.18 bits per heavy atom. The van der Waals surface area contributed by atoms with E-state index >= 15 is 0 Å². The Kier molecular flexibility index (Phi) is 4.34. The second-order valence-corrected chi connectivity index (χ2v) is 6.08. The minimum absolute atomic E-state index is 0.0799. The van der Waals surface area contributed by atoms with Gasteiger partial charge in [-0.25, -0.2) is 0 Å². The van der Waals surface area contributed by atoms with Crippen molar-refractivity contribution in [3.8, 4) is 16.9 Å². The van der Waals surface area contributed by atoms with Gasteiger partial charge < -0.3 is 10.0 Å². The fourth-order valence-corrected chi connectivity index (χ4v) is 3.02. The zero-order valence-electron chi connectivity index (χ0n) is 13.0. The van der Waals surface area contributed by atoms with Gasteiger partial charge in [0.15, 0.2) is 0 Å². The van der Waals surface area contributed by atoms with Crippen LogP contribution >= 0.6 is 0 Å². The first kappa shape index (κ1) is 14.9. The maximum Gasteiger partial charge on any atom is 0.271 e. The Morgan fingerprint density at radius 2 is 1.95 bits per heavy atom. The van der Waals surface area contributed by atoms with Crippen molar-refractivity contribution in [2.45, 2.75) is 32.7 Å². The zero-order valence-corrected chi connectivity index (χ0v) is 13.0. The van der Waals surface area contributed by atoms with Crippen molar-refractivity contribution >= 4 is 0 Å². The molecule has 3 rings (SSSR count). The minimum atomic E-state index is -0.0799. The number of rotatable bonds is 4. The predicted molar refractivity (Wildman–Crippen MR) is 87.2 cm³/mol. The quantitative estimate of drug-likeness (QED) is 0.911. The first-order valence-electron chi connectivity index (χ1n) is 7.95. The first-order chi connectivity index (χ1) is 10.6. The van der Waals surface area contributed by atoms with Crippen LogP contribution in [0.3, 0.4) is 0 Å². The Bertz CT molecular complexity index is 696. The second-order valence-electron chi connectivity index (χ2n) is 6.08. The Labute approximate surface area is 130 Å². The van der Waals surface area contributed by atoms with Gasteiger partial charge in [-0.1, -0.05) is 12.5 Å². The van der Waals surface area contributed by atoms with Crippen LogP contribution in [0.5, 0.6) is 5.75 Å². The molecule has 5 nitrogen and oxygen atoms in total. The van der Waals surface area contributed by atoms with Crippen LogP contribution in [0.1, 0.15) is 24.8 Å². The molecular weight excluding hydrogens is 278 g/mol. The number of H-pyrrole nitrogens is 1. The maximum absolute atomic E-state index is 12.1. The highest BCUT2D eigenvalue weighted by molar-refractivity contribution is 5.63. The standard InChI is InChI=1S/C17H23N3O2/c1-13-11-14(5-6-16(13)21)15-12-20(18-17(15)22)10-9-19-7-3-2-4-8-19/h5-6,11-12,21H,2-4,7-10H2,1H3,(H,18,22). The lowest BCUT2D eigenvalue weighted by atomic mass is 10.1. The van der Waals surface area contributed by atoms with Gasteiger partial charge in [-0.15, -0.1) is 0 Å². The summed E-state index contributed by atoms with van der Waals surface area (Å²) < 4.78 is 1.87. The zero-order chi connectivity index (χ0) is 15.5. The highest BCUT2D eigenvalue weighted by atomic mass is 16.3. The average Bonchev–Trinajstić information content (AvgIpc) is 2.90. The van der Waals surface area contributed by atoms with E-state index in [1.807, 2.05) is 23.9 Å². The Hall–Kier alpha value is -2.01. The van der Waals surface area contributed by atoms with Crippen molar-refractivity contribution in [2.75, 3.05) is 19.6 Å². The van der Waals surface area contributed by atoms with Gasteiger partial charge in [-0.05, 0) is 56.1 Å². The molecule has 1 aromatic carbocycles. The molecule has 0 amide bonds. The van der Waals surface area contributed by atoms with E-state index < -0.39 is 0 Å². The first-order valence-corrected chi connectivity index (χ1v) is 7.95. The summed E-state index contributed by atoms with van der Waals surface area (Å²) in [7, 11) is 0. The molecule has 1 aliphatic heterocycles. The van der Waals surface area contributed by atoms with E-state index in [9.17, 15) is 9.90 Å². The van der Waals surface area contributed by atoms with Gasteiger partial charge in [0.2, 0.25) is 0 Å². The number of nitrogens with one attached hydrogen (secondary N) is 1. The number of aryl methyl sites for hydroxylation is 1. The van der Waals surface area contributed by atoms with E-state index in [2.05, 4.69) is 10.00 Å². The van der Waals surface area contributed by atoms with Crippen molar-refractivity contribution in [3.63, 3.8) is 0 Å². The molecule has 0 aliphatic carbocycles. The number of nitrogens with zero attached hydrogens (tertiary/aromatic N) is 2. The summed E-state index contributed by atoms with van der Waals surface area (Å²) in [6, 6.07) is 5.26. The van der Waals surface area contributed by atoms with Crippen LogP contribution < -0.4 is 5.56 Å². The number of aromatic amines is 1. The summed E-state index contributed by atoms with van der Waals surface area (Å²) in [4.78, 5) is 14.6. The highest BCUT2D eigenvalue weighted by Crippen LogP contribution is 2.23. The van der Waals surface area contributed by atoms with Crippen LogP contribution in [0.2, 0.25) is 0 Å². The fraction of sp³-hybridized carbons (Fsp3) is 0.471. The van der Waals surface area contributed by atoms with Crippen molar-refractivity contribution in [2.24, 2.45) is 0 Å². The van der Waals surface area contributed by atoms with Gasteiger partial charge in [0, 0.05) is 12.7 Å². The third-order valence-corrected chi connectivity index (χ3v) is 4.39. The predicted octanol–water partition coefficient (Wildman–Crippen LogP) is 2.34. The van der Waals surface area contributed by atoms with Crippen molar-refractivity contribution < 1.29 is 5.11 Å². The van der Waals surface area contributed by atoms with Crippen LogP contribution in [-0.2, 0) is 6.54 Å². The number of phenols is 1. The van der Waals surface area contributed by atoms with Crippen molar-refractivity contribution in [3.05, 3.63) is 40.3 Å². The molecule has 0 radical (unpaired) electrons. The normalized spacial score (nSPS) is 16.0. The third kappa shape index (κ3) is 3.25. The number of aromatic nitrogens is 2. The lowest BCUT2D eigenvalue weighted by Crippen LogP contribution is -2.32. The smallest absolute Gasteiger partial charge is 0.271 e. The van der Waals surface area contributed by atoms with Crippen LogP contribution in [0.25, 0.3) is 11.1 Å². The topological polar surface area (TPSA) is 61.3 Å². The van der Waals surface area contributed by atoms with Gasteiger partial charge in [-0.2, -0.15) is 0 Å². The summed E-state index contributed by atoms with van der Waals surface area (Å²) >= 11 is 0. The number of likely N-dealkylation sites (tertiary alicyclic amines) is 1. The van der Waals surface area contributed by atoms with Crippen molar-refractivity contribution in [1.29, 1.82) is 0 Å². The number of benzene rings is 1. The molecule has 118 valence electrons. The summed E-state index contributed by atoms with van der Waals surface area (Å²) in [6.07, 6.45) is 5.76. The molecule has 1 fully saturated rings. The Balaban J connectivity index is 1.72. The second kappa shape index (κ2) is 6.40. The molecular formula is C17H23N3O2. The Morgan fingerprint density at radius 3 is 2.68 bits per heavy atom. The molecule has 0 unspecified atom stereocenters. The van der Waals surface area contributed by atoms with Crippen LogP contribution in [0.4, 0.5) is 0 Å². The maximum atomic E-state index is 12.1. The van der Waals surface area contributed by atoms with Gasteiger partial charge in [0.25, 0.3) is 5.56 Å². The van der Waals surface area contributed by atoms with E-state index in [0.29, 0.717) is 5.56 Å². The molecule has 22 heavy (non-hydrogen) atoms. The van der Waals surface area contributed by atoms with Gasteiger partial charge >= 0.3 is 0 Å². The molecule has 1 saturated heterocycles. The van der Waals surface area contributed by atoms with Gasteiger partial charge in [0.05, 0.1) is 12.1 Å². The lowest BCUT2D eigenvalue weighted by Gasteiger charge is -2.26. The SMILES string of the molecule is Cc1cc(-c2cn(CCN3CCCCC3)[nH]c2=O)ccc1O. The van der Waals surface area contributed by atoms with Crippen LogP contribution in [0.15, 0.2) is 29.2 Å². The summed E-state index contributed by atoms with van der Waals surface area (Å²) in [5.74, 6) is 0.254. The number of aromatic hydroxyl groups is 1. The largest absolute Gasteiger partial charge is 0.508 e.